The van der Waals surface area contributed by atoms with Crippen LogP contribution in [0.4, 0.5) is 0 Å². The highest BCUT2D eigenvalue weighted by molar-refractivity contribution is 7.91. The molecule has 0 aliphatic rings. The molecule has 2 nitrogen and oxygen atoms in total. The van der Waals surface area contributed by atoms with Crippen LogP contribution in [0.1, 0.15) is 30.9 Å². The van der Waals surface area contributed by atoms with Crippen molar-refractivity contribution in [3.63, 3.8) is 0 Å². The minimum atomic E-state index is -3.16. The van der Waals surface area contributed by atoms with Gasteiger partial charge in [0, 0.05) is 0 Å². The molecule has 2 unspecified atom stereocenters. The SMILES string of the molecule is CC(c1ccccc1)C(C)S(=O)(=O)Cc1ccccc1. The van der Waals surface area contributed by atoms with Crippen LogP contribution in [0.2, 0.25) is 0 Å². The molecular weight excluding hydrogens is 268 g/mol. The van der Waals surface area contributed by atoms with Gasteiger partial charge in [0.05, 0.1) is 11.0 Å². The summed E-state index contributed by atoms with van der Waals surface area (Å²) in [6.07, 6.45) is 0. The van der Waals surface area contributed by atoms with Crippen LogP contribution in [-0.2, 0) is 15.6 Å². The first-order valence-corrected chi connectivity index (χ1v) is 8.52. The summed E-state index contributed by atoms with van der Waals surface area (Å²) in [5, 5.41) is -0.398. The number of sulfone groups is 1. The van der Waals surface area contributed by atoms with E-state index < -0.39 is 15.1 Å². The summed E-state index contributed by atoms with van der Waals surface area (Å²) < 4.78 is 25.0. The molecule has 0 aliphatic heterocycles. The van der Waals surface area contributed by atoms with Gasteiger partial charge in [-0.2, -0.15) is 0 Å². The lowest BCUT2D eigenvalue weighted by Crippen LogP contribution is -2.25. The molecule has 0 aliphatic carbocycles. The van der Waals surface area contributed by atoms with Crippen LogP contribution < -0.4 is 0 Å². The molecule has 0 heterocycles. The van der Waals surface area contributed by atoms with E-state index in [9.17, 15) is 8.42 Å². The fourth-order valence-corrected chi connectivity index (χ4v) is 3.98. The molecule has 0 amide bonds. The van der Waals surface area contributed by atoms with Gasteiger partial charge in [-0.1, -0.05) is 67.6 Å². The first-order chi connectivity index (χ1) is 9.50. The molecule has 2 atom stereocenters. The molecule has 2 rings (SSSR count). The fraction of sp³-hybridized carbons (Fsp3) is 0.294. The Morgan fingerprint density at radius 2 is 1.35 bits per heavy atom. The Hall–Kier alpha value is -1.61. The van der Waals surface area contributed by atoms with Crippen molar-refractivity contribution in [2.45, 2.75) is 30.8 Å². The Morgan fingerprint density at radius 1 is 0.850 bits per heavy atom. The van der Waals surface area contributed by atoms with Crippen LogP contribution in [0.25, 0.3) is 0 Å². The summed E-state index contributed by atoms with van der Waals surface area (Å²) in [5.74, 6) is 0.0940. The average molecular weight is 288 g/mol. The smallest absolute Gasteiger partial charge is 0.157 e. The van der Waals surface area contributed by atoms with E-state index in [1.54, 1.807) is 6.92 Å². The van der Waals surface area contributed by atoms with Gasteiger partial charge < -0.3 is 0 Å². The Balaban J connectivity index is 2.17. The maximum atomic E-state index is 12.5. The Labute approximate surface area is 121 Å². The molecule has 0 fully saturated rings. The molecule has 0 aromatic heterocycles. The highest BCUT2D eigenvalue weighted by Crippen LogP contribution is 2.26. The van der Waals surface area contributed by atoms with E-state index in [-0.39, 0.29) is 11.7 Å². The minimum Gasteiger partial charge on any atom is -0.228 e. The second-order valence-corrected chi connectivity index (χ2v) is 7.56. The molecule has 0 spiro atoms. The van der Waals surface area contributed by atoms with Crippen LogP contribution in [-0.4, -0.2) is 13.7 Å². The largest absolute Gasteiger partial charge is 0.228 e. The van der Waals surface area contributed by atoms with E-state index in [0.29, 0.717) is 0 Å². The number of hydrogen-bond acceptors (Lipinski definition) is 2. The quantitative estimate of drug-likeness (QED) is 0.838. The van der Waals surface area contributed by atoms with E-state index in [4.69, 9.17) is 0 Å². The van der Waals surface area contributed by atoms with Gasteiger partial charge in [-0.3, -0.25) is 0 Å². The number of benzene rings is 2. The standard InChI is InChI=1S/C17H20O2S/c1-14(17-11-7-4-8-12-17)15(2)20(18,19)13-16-9-5-3-6-10-16/h3-12,14-15H,13H2,1-2H3. The maximum Gasteiger partial charge on any atom is 0.157 e. The summed E-state index contributed by atoms with van der Waals surface area (Å²) in [6, 6.07) is 19.2. The molecule has 0 bridgehead atoms. The highest BCUT2D eigenvalue weighted by Gasteiger charge is 2.27. The van der Waals surface area contributed by atoms with Gasteiger partial charge in [-0.15, -0.1) is 0 Å². The summed E-state index contributed by atoms with van der Waals surface area (Å²) >= 11 is 0. The Morgan fingerprint density at radius 3 is 1.90 bits per heavy atom. The van der Waals surface area contributed by atoms with E-state index >= 15 is 0 Å². The van der Waals surface area contributed by atoms with Crippen molar-refractivity contribution in [1.29, 1.82) is 0 Å². The normalized spacial score (nSPS) is 14.7. The van der Waals surface area contributed by atoms with Gasteiger partial charge >= 0.3 is 0 Å². The molecule has 106 valence electrons. The summed E-state index contributed by atoms with van der Waals surface area (Å²) in [6.45, 7) is 3.78. The van der Waals surface area contributed by atoms with Gasteiger partial charge in [0.15, 0.2) is 9.84 Å². The van der Waals surface area contributed by atoms with Crippen LogP contribution in [0.15, 0.2) is 60.7 Å². The molecule has 2 aromatic rings. The monoisotopic (exact) mass is 288 g/mol. The van der Waals surface area contributed by atoms with Gasteiger partial charge in [0.1, 0.15) is 0 Å². The third kappa shape index (κ3) is 3.48. The van der Waals surface area contributed by atoms with Crippen molar-refractivity contribution >= 4 is 9.84 Å². The van der Waals surface area contributed by atoms with Gasteiger partial charge in [-0.25, -0.2) is 8.42 Å². The van der Waals surface area contributed by atoms with E-state index in [2.05, 4.69) is 0 Å². The van der Waals surface area contributed by atoms with Crippen molar-refractivity contribution in [3.05, 3.63) is 71.8 Å². The van der Waals surface area contributed by atoms with Crippen LogP contribution in [0.3, 0.4) is 0 Å². The molecule has 0 saturated carbocycles. The van der Waals surface area contributed by atoms with E-state index in [1.165, 1.54) is 0 Å². The predicted octanol–water partition coefficient (Wildman–Crippen LogP) is 3.79. The molecule has 0 saturated heterocycles. The zero-order valence-electron chi connectivity index (χ0n) is 11.9. The third-order valence-corrected chi connectivity index (χ3v) is 6.08. The number of rotatable bonds is 5. The van der Waals surface area contributed by atoms with Crippen LogP contribution in [0, 0.1) is 0 Å². The Kier molecular flexibility index (Phi) is 4.61. The first-order valence-electron chi connectivity index (χ1n) is 6.81. The van der Waals surface area contributed by atoms with Gasteiger partial charge in [0.25, 0.3) is 0 Å². The Bertz CT molecular complexity index is 633. The second kappa shape index (κ2) is 6.23. The third-order valence-electron chi connectivity index (χ3n) is 3.81. The second-order valence-electron chi connectivity index (χ2n) is 5.20. The first kappa shape index (κ1) is 14.8. The van der Waals surface area contributed by atoms with Gasteiger partial charge in [0.2, 0.25) is 0 Å². The molecule has 0 N–H and O–H groups in total. The van der Waals surface area contributed by atoms with Crippen molar-refractivity contribution in [3.8, 4) is 0 Å². The van der Waals surface area contributed by atoms with Crippen molar-refractivity contribution < 1.29 is 8.42 Å². The zero-order valence-corrected chi connectivity index (χ0v) is 12.7. The lowest BCUT2D eigenvalue weighted by molar-refractivity contribution is 0.568. The van der Waals surface area contributed by atoms with Crippen molar-refractivity contribution in [2.24, 2.45) is 0 Å². The van der Waals surface area contributed by atoms with Gasteiger partial charge in [-0.05, 0) is 24.0 Å². The zero-order chi connectivity index (χ0) is 14.6. The lowest BCUT2D eigenvalue weighted by atomic mass is 9.99. The molecule has 3 heteroatoms. The number of hydrogen-bond donors (Lipinski definition) is 0. The van der Waals surface area contributed by atoms with Crippen molar-refractivity contribution in [1.82, 2.24) is 0 Å². The summed E-state index contributed by atoms with van der Waals surface area (Å²) in [4.78, 5) is 0. The molecule has 0 radical (unpaired) electrons. The molecular formula is C17H20O2S. The highest BCUT2D eigenvalue weighted by atomic mass is 32.2. The maximum absolute atomic E-state index is 12.5. The van der Waals surface area contributed by atoms with Crippen LogP contribution >= 0.6 is 0 Å². The topological polar surface area (TPSA) is 34.1 Å². The van der Waals surface area contributed by atoms with E-state index in [0.717, 1.165) is 11.1 Å². The van der Waals surface area contributed by atoms with Crippen molar-refractivity contribution in [2.75, 3.05) is 0 Å². The van der Waals surface area contributed by atoms with Crippen LogP contribution in [0.5, 0.6) is 0 Å². The molecule has 20 heavy (non-hydrogen) atoms. The van der Waals surface area contributed by atoms with E-state index in [1.807, 2.05) is 67.6 Å². The summed E-state index contributed by atoms with van der Waals surface area (Å²) in [7, 11) is -3.16. The average Bonchev–Trinajstić information content (AvgIpc) is 2.47. The summed E-state index contributed by atoms with van der Waals surface area (Å²) in [5.41, 5.74) is 1.91. The fourth-order valence-electron chi connectivity index (χ4n) is 2.28. The minimum absolute atomic E-state index is 0.00934. The predicted molar refractivity (Wildman–Crippen MR) is 83.4 cm³/mol. The lowest BCUT2D eigenvalue weighted by Gasteiger charge is -2.20. The molecule has 2 aromatic carbocycles.